The second kappa shape index (κ2) is 14.9. The number of nitrogens with one attached hydrogen (secondary N) is 1. The summed E-state index contributed by atoms with van der Waals surface area (Å²) in [6.45, 7) is 2.47. The first kappa shape index (κ1) is 32.5. The minimum Gasteiger partial charge on any atom is -0.461 e. The number of esters is 1. The Morgan fingerprint density at radius 3 is 2.43 bits per heavy atom. The third-order valence-electron chi connectivity index (χ3n) is 7.95. The standard InChI is InChI=1S/C32H37BrN2O7S2/c1-22(36)41-42-29-28(33)30(43-31(29)32(37)40-20-23-9-4-2-5-10-23)25-13-8-14-27(19-25)34-26-15-17-35(18-16-26)44(38,39)21-24-11-6-3-7-12-24/h3,6-8,11-14,19,23,26,34H,2,4-5,9-10,15-18,20-21H2,1H3. The molecule has 2 fully saturated rings. The van der Waals surface area contributed by atoms with Crippen molar-refractivity contribution in [3.8, 4) is 16.2 Å². The predicted molar refractivity (Wildman–Crippen MR) is 174 cm³/mol. The Bertz CT molecular complexity index is 1550. The quantitative estimate of drug-likeness (QED) is 0.127. The van der Waals surface area contributed by atoms with Gasteiger partial charge in [-0.1, -0.05) is 61.7 Å². The van der Waals surface area contributed by atoms with E-state index in [0.717, 1.165) is 47.4 Å². The van der Waals surface area contributed by atoms with Crippen molar-refractivity contribution >= 4 is 54.9 Å². The Hall–Kier alpha value is -2.93. The van der Waals surface area contributed by atoms with Gasteiger partial charge in [0.2, 0.25) is 15.8 Å². The fourth-order valence-electron chi connectivity index (χ4n) is 5.64. The number of halogens is 1. The number of ether oxygens (including phenoxy) is 1. The van der Waals surface area contributed by atoms with Crippen LogP contribution in [0.1, 0.15) is 67.1 Å². The first-order chi connectivity index (χ1) is 21.2. The van der Waals surface area contributed by atoms with Gasteiger partial charge in [0.1, 0.15) is 0 Å². The van der Waals surface area contributed by atoms with Gasteiger partial charge in [0.25, 0.3) is 0 Å². The van der Waals surface area contributed by atoms with Crippen LogP contribution in [-0.2, 0) is 30.2 Å². The number of anilines is 1. The highest BCUT2D eigenvalue weighted by molar-refractivity contribution is 9.10. The average molecular weight is 706 g/mol. The van der Waals surface area contributed by atoms with E-state index in [4.69, 9.17) is 14.5 Å². The molecular formula is C32H37BrN2O7S2. The largest absolute Gasteiger partial charge is 0.461 e. The van der Waals surface area contributed by atoms with Gasteiger partial charge in [-0.15, -0.1) is 11.3 Å². The molecule has 5 rings (SSSR count). The third kappa shape index (κ3) is 8.41. The van der Waals surface area contributed by atoms with Crippen LogP contribution in [-0.4, -0.2) is 50.4 Å². The van der Waals surface area contributed by atoms with Gasteiger partial charge in [-0.3, -0.25) is 9.78 Å². The summed E-state index contributed by atoms with van der Waals surface area (Å²) in [5.74, 6) is -0.694. The number of hydrogen-bond acceptors (Lipinski definition) is 9. The van der Waals surface area contributed by atoms with Crippen LogP contribution in [0.3, 0.4) is 0 Å². The molecular weight excluding hydrogens is 668 g/mol. The molecule has 0 radical (unpaired) electrons. The van der Waals surface area contributed by atoms with Gasteiger partial charge in [-0.05, 0) is 70.8 Å². The summed E-state index contributed by atoms with van der Waals surface area (Å²) in [6.07, 6.45) is 6.97. The predicted octanol–water partition coefficient (Wildman–Crippen LogP) is 7.18. The summed E-state index contributed by atoms with van der Waals surface area (Å²) in [7, 11) is -3.39. The summed E-state index contributed by atoms with van der Waals surface area (Å²) in [5.41, 5.74) is 2.48. The summed E-state index contributed by atoms with van der Waals surface area (Å²) >= 11 is 4.77. The molecule has 1 N–H and O–H groups in total. The molecule has 0 atom stereocenters. The molecule has 2 heterocycles. The number of sulfonamides is 1. The Kier molecular flexibility index (Phi) is 11.0. The topological polar surface area (TPSA) is 111 Å². The molecule has 2 aromatic carbocycles. The number of nitrogens with zero attached hydrogens (tertiary/aromatic N) is 1. The minimum absolute atomic E-state index is 0.00292. The minimum atomic E-state index is -3.39. The Morgan fingerprint density at radius 1 is 1.00 bits per heavy atom. The lowest BCUT2D eigenvalue weighted by Crippen LogP contribution is -2.42. The molecule has 0 amide bonds. The van der Waals surface area contributed by atoms with Crippen molar-refractivity contribution in [3.63, 3.8) is 0 Å². The molecule has 12 heteroatoms. The lowest BCUT2D eigenvalue weighted by atomic mass is 9.90. The lowest BCUT2D eigenvalue weighted by Gasteiger charge is -2.32. The molecule has 1 saturated carbocycles. The van der Waals surface area contributed by atoms with Gasteiger partial charge in [-0.25, -0.2) is 22.3 Å². The van der Waals surface area contributed by atoms with E-state index in [1.165, 1.54) is 24.7 Å². The van der Waals surface area contributed by atoms with Crippen LogP contribution in [0, 0.1) is 5.92 Å². The first-order valence-electron chi connectivity index (χ1n) is 14.9. The van der Waals surface area contributed by atoms with Crippen LogP contribution in [0.15, 0.2) is 59.1 Å². The van der Waals surface area contributed by atoms with Gasteiger partial charge in [0.05, 0.1) is 21.7 Å². The number of carbonyl (C=O) groups excluding carboxylic acids is 2. The van der Waals surface area contributed by atoms with E-state index < -0.39 is 22.0 Å². The van der Waals surface area contributed by atoms with E-state index in [0.29, 0.717) is 42.9 Å². The Labute approximate surface area is 271 Å². The van der Waals surface area contributed by atoms with E-state index in [9.17, 15) is 18.0 Å². The van der Waals surface area contributed by atoms with Crippen LogP contribution in [0.4, 0.5) is 5.69 Å². The van der Waals surface area contributed by atoms with Crippen LogP contribution >= 0.6 is 27.3 Å². The van der Waals surface area contributed by atoms with E-state index in [1.807, 2.05) is 54.6 Å². The van der Waals surface area contributed by atoms with Gasteiger partial charge < -0.3 is 10.1 Å². The van der Waals surface area contributed by atoms with E-state index in [2.05, 4.69) is 21.2 Å². The van der Waals surface area contributed by atoms with Crippen molar-refractivity contribution < 1.29 is 32.5 Å². The van der Waals surface area contributed by atoms with E-state index in [-0.39, 0.29) is 22.4 Å². The molecule has 0 bridgehead atoms. The summed E-state index contributed by atoms with van der Waals surface area (Å²) in [4.78, 5) is 35.7. The zero-order chi connectivity index (χ0) is 31.1. The Balaban J connectivity index is 1.26. The maximum Gasteiger partial charge on any atom is 0.352 e. The molecule has 44 heavy (non-hydrogen) atoms. The van der Waals surface area contributed by atoms with Crippen LogP contribution in [0.25, 0.3) is 10.4 Å². The summed E-state index contributed by atoms with van der Waals surface area (Å²) in [6, 6.07) is 17.1. The van der Waals surface area contributed by atoms with Crippen LogP contribution in [0.2, 0.25) is 0 Å². The highest BCUT2D eigenvalue weighted by Gasteiger charge is 2.30. The van der Waals surface area contributed by atoms with Crippen molar-refractivity contribution in [2.75, 3.05) is 25.0 Å². The van der Waals surface area contributed by atoms with Crippen molar-refractivity contribution in [1.82, 2.24) is 4.31 Å². The van der Waals surface area contributed by atoms with Crippen molar-refractivity contribution in [2.24, 2.45) is 5.92 Å². The van der Waals surface area contributed by atoms with Crippen molar-refractivity contribution in [2.45, 2.75) is 63.7 Å². The molecule has 236 valence electrons. The third-order valence-corrected chi connectivity index (χ3v) is 12.0. The van der Waals surface area contributed by atoms with Crippen LogP contribution in [0.5, 0.6) is 5.75 Å². The highest BCUT2D eigenvalue weighted by Crippen LogP contribution is 2.46. The van der Waals surface area contributed by atoms with Gasteiger partial charge in [0, 0.05) is 31.7 Å². The highest BCUT2D eigenvalue weighted by atomic mass is 79.9. The molecule has 1 aromatic heterocycles. The number of piperidine rings is 1. The fourth-order valence-corrected chi connectivity index (χ4v) is 9.08. The molecule has 3 aromatic rings. The second-order valence-electron chi connectivity index (χ2n) is 11.3. The smallest absolute Gasteiger partial charge is 0.352 e. The fraction of sp³-hybridized carbons (Fsp3) is 0.438. The van der Waals surface area contributed by atoms with Gasteiger partial charge in [-0.2, -0.15) is 0 Å². The number of rotatable bonds is 11. The van der Waals surface area contributed by atoms with E-state index >= 15 is 0 Å². The average Bonchev–Trinajstić information content (AvgIpc) is 3.36. The zero-order valence-corrected chi connectivity index (χ0v) is 27.8. The number of thiophene rings is 1. The molecule has 0 spiro atoms. The summed E-state index contributed by atoms with van der Waals surface area (Å²) in [5, 5.41) is 3.55. The molecule has 2 aliphatic rings. The number of carbonyl (C=O) groups is 2. The summed E-state index contributed by atoms with van der Waals surface area (Å²) < 4.78 is 33.7. The molecule has 1 saturated heterocycles. The first-order valence-corrected chi connectivity index (χ1v) is 18.1. The number of benzene rings is 2. The monoisotopic (exact) mass is 704 g/mol. The SMILES string of the molecule is CC(=O)OOc1c(C(=O)OCC2CCCCC2)sc(-c2cccc(NC3CCN(S(=O)(=O)Cc4ccccc4)CC3)c2)c1Br. The normalized spacial score (nSPS) is 16.8. The van der Waals surface area contributed by atoms with Gasteiger partial charge >= 0.3 is 11.9 Å². The van der Waals surface area contributed by atoms with Crippen molar-refractivity contribution in [3.05, 3.63) is 69.5 Å². The molecule has 1 aliphatic heterocycles. The molecule has 0 unspecified atom stereocenters. The van der Waals surface area contributed by atoms with E-state index in [1.54, 1.807) is 4.31 Å². The number of hydrogen-bond donors (Lipinski definition) is 1. The molecule has 9 nitrogen and oxygen atoms in total. The molecule has 1 aliphatic carbocycles. The maximum absolute atomic E-state index is 13.2. The Morgan fingerprint density at radius 2 is 1.73 bits per heavy atom. The van der Waals surface area contributed by atoms with Gasteiger partial charge in [0.15, 0.2) is 4.88 Å². The maximum atomic E-state index is 13.2. The van der Waals surface area contributed by atoms with Crippen LogP contribution < -0.4 is 10.2 Å². The zero-order valence-electron chi connectivity index (χ0n) is 24.6. The van der Waals surface area contributed by atoms with Crippen molar-refractivity contribution in [1.29, 1.82) is 0 Å². The second-order valence-corrected chi connectivity index (χ2v) is 15.1. The lowest BCUT2D eigenvalue weighted by molar-refractivity contribution is -0.211.